The fraction of sp³-hybridized carbons (Fsp3) is 0.786. The van der Waals surface area contributed by atoms with Crippen LogP contribution in [0.3, 0.4) is 0 Å². The first kappa shape index (κ1) is 15.4. The molecular weight excluding hydrogens is 258 g/mol. The van der Waals surface area contributed by atoms with E-state index in [0.717, 1.165) is 24.8 Å². The summed E-state index contributed by atoms with van der Waals surface area (Å²) < 4.78 is 17.6. The highest BCUT2D eigenvalue weighted by Crippen LogP contribution is 2.18. The van der Waals surface area contributed by atoms with Crippen LogP contribution < -0.4 is 5.32 Å². The molecule has 1 aliphatic carbocycles. The zero-order valence-corrected chi connectivity index (χ0v) is 12.2. The number of hydrogen-bond acceptors (Lipinski definition) is 5. The third-order valence-corrected chi connectivity index (χ3v) is 3.11. The monoisotopic (exact) mass is 283 g/mol. The van der Waals surface area contributed by atoms with Crippen molar-refractivity contribution in [3.8, 4) is 0 Å². The van der Waals surface area contributed by atoms with Gasteiger partial charge < -0.3 is 19.5 Å². The Morgan fingerprint density at radius 1 is 1.20 bits per heavy atom. The van der Waals surface area contributed by atoms with Gasteiger partial charge in [-0.3, -0.25) is 4.68 Å². The van der Waals surface area contributed by atoms with Crippen LogP contribution in [-0.4, -0.2) is 56.0 Å². The molecule has 1 saturated carbocycles. The molecule has 0 radical (unpaired) electrons. The number of aromatic nitrogens is 2. The molecule has 0 aromatic carbocycles. The number of methoxy groups -OCH3 is 1. The molecule has 0 saturated heterocycles. The van der Waals surface area contributed by atoms with Gasteiger partial charge in [0.25, 0.3) is 0 Å². The van der Waals surface area contributed by atoms with Gasteiger partial charge in [0.2, 0.25) is 0 Å². The van der Waals surface area contributed by atoms with Crippen molar-refractivity contribution in [1.29, 1.82) is 0 Å². The van der Waals surface area contributed by atoms with Crippen LogP contribution in [0.1, 0.15) is 18.5 Å². The number of nitrogens with zero attached hydrogens (tertiary/aromatic N) is 2. The summed E-state index contributed by atoms with van der Waals surface area (Å²) in [6, 6.07) is 2.78. The van der Waals surface area contributed by atoms with Gasteiger partial charge in [0.05, 0.1) is 45.3 Å². The first-order valence-corrected chi connectivity index (χ1v) is 7.28. The van der Waals surface area contributed by atoms with Gasteiger partial charge in [-0.05, 0) is 18.9 Å². The highest BCUT2D eigenvalue weighted by atomic mass is 16.5. The molecule has 0 spiro atoms. The van der Waals surface area contributed by atoms with Crippen LogP contribution in [-0.2, 0) is 27.3 Å². The smallest absolute Gasteiger partial charge is 0.0762 e. The lowest BCUT2D eigenvalue weighted by Gasteiger charge is -2.05. The molecule has 0 unspecified atom stereocenters. The van der Waals surface area contributed by atoms with Gasteiger partial charge in [-0.25, -0.2) is 0 Å². The Morgan fingerprint density at radius 3 is 2.70 bits per heavy atom. The van der Waals surface area contributed by atoms with Crippen molar-refractivity contribution in [2.45, 2.75) is 32.0 Å². The zero-order valence-electron chi connectivity index (χ0n) is 12.2. The Morgan fingerprint density at radius 2 is 1.95 bits per heavy atom. The Labute approximate surface area is 120 Å². The molecule has 1 aromatic heterocycles. The Kier molecular flexibility index (Phi) is 7.00. The van der Waals surface area contributed by atoms with Crippen LogP contribution in [0.5, 0.6) is 0 Å². The molecule has 1 N–H and O–H groups in total. The summed E-state index contributed by atoms with van der Waals surface area (Å²) >= 11 is 0. The first-order chi connectivity index (χ1) is 9.88. The third-order valence-electron chi connectivity index (χ3n) is 3.11. The topological polar surface area (TPSA) is 57.5 Å². The predicted octanol–water partition coefficient (Wildman–Crippen LogP) is 0.815. The van der Waals surface area contributed by atoms with Gasteiger partial charge in [0.15, 0.2) is 0 Å². The molecule has 20 heavy (non-hydrogen) atoms. The molecule has 2 rings (SSSR count). The van der Waals surface area contributed by atoms with E-state index in [1.165, 1.54) is 12.8 Å². The van der Waals surface area contributed by atoms with Crippen molar-refractivity contribution in [2.24, 2.45) is 0 Å². The van der Waals surface area contributed by atoms with Gasteiger partial charge in [0.1, 0.15) is 0 Å². The average molecular weight is 283 g/mol. The van der Waals surface area contributed by atoms with Crippen LogP contribution in [0.25, 0.3) is 0 Å². The SMILES string of the molecule is COCCOCCOCCn1ccc(CNC2CC2)n1. The molecule has 6 nitrogen and oxygen atoms in total. The summed E-state index contributed by atoms with van der Waals surface area (Å²) in [6.45, 7) is 4.78. The van der Waals surface area contributed by atoms with Gasteiger partial charge in [0, 0.05) is 25.9 Å². The van der Waals surface area contributed by atoms with E-state index in [-0.39, 0.29) is 0 Å². The van der Waals surface area contributed by atoms with E-state index in [2.05, 4.69) is 16.5 Å². The molecule has 1 heterocycles. The second-order valence-electron chi connectivity index (χ2n) is 4.94. The molecule has 0 atom stereocenters. The van der Waals surface area contributed by atoms with E-state index in [1.54, 1.807) is 7.11 Å². The minimum Gasteiger partial charge on any atom is -0.382 e. The van der Waals surface area contributed by atoms with Crippen LogP contribution in [0.4, 0.5) is 0 Å². The fourth-order valence-electron chi connectivity index (χ4n) is 1.78. The normalized spacial score (nSPS) is 14.8. The highest BCUT2D eigenvalue weighted by Gasteiger charge is 2.20. The van der Waals surface area contributed by atoms with E-state index in [0.29, 0.717) is 33.0 Å². The lowest BCUT2D eigenvalue weighted by molar-refractivity contribution is 0.0225. The number of ether oxygens (including phenoxy) is 3. The quantitative estimate of drug-likeness (QED) is 0.575. The Balaban J connectivity index is 1.46. The van der Waals surface area contributed by atoms with E-state index in [4.69, 9.17) is 14.2 Å². The molecule has 0 aliphatic heterocycles. The summed E-state index contributed by atoms with van der Waals surface area (Å²) in [6.07, 6.45) is 4.62. The van der Waals surface area contributed by atoms with E-state index in [9.17, 15) is 0 Å². The maximum Gasteiger partial charge on any atom is 0.0762 e. The number of nitrogens with one attached hydrogen (secondary N) is 1. The first-order valence-electron chi connectivity index (χ1n) is 7.28. The molecule has 1 aliphatic rings. The standard InChI is InChI=1S/C14H25N3O3/c1-18-8-9-20-11-10-19-7-6-17-5-4-14(16-17)12-15-13-2-3-13/h4-5,13,15H,2-3,6-12H2,1H3. The van der Waals surface area contributed by atoms with Gasteiger partial charge >= 0.3 is 0 Å². The summed E-state index contributed by atoms with van der Waals surface area (Å²) in [7, 11) is 1.67. The zero-order chi connectivity index (χ0) is 14.0. The maximum atomic E-state index is 5.49. The summed E-state index contributed by atoms with van der Waals surface area (Å²) in [5.74, 6) is 0. The van der Waals surface area contributed by atoms with Gasteiger partial charge in [-0.15, -0.1) is 0 Å². The average Bonchev–Trinajstić information content (AvgIpc) is 3.18. The molecule has 1 fully saturated rings. The van der Waals surface area contributed by atoms with Crippen molar-refractivity contribution < 1.29 is 14.2 Å². The van der Waals surface area contributed by atoms with Gasteiger partial charge in [-0.2, -0.15) is 5.10 Å². The molecule has 6 heteroatoms. The highest BCUT2D eigenvalue weighted by molar-refractivity contribution is 4.99. The molecular formula is C14H25N3O3. The summed E-state index contributed by atoms with van der Waals surface area (Å²) in [5, 5.41) is 7.95. The van der Waals surface area contributed by atoms with E-state index in [1.807, 2.05) is 10.9 Å². The number of hydrogen-bond donors (Lipinski definition) is 1. The maximum absolute atomic E-state index is 5.49. The molecule has 0 bridgehead atoms. The largest absolute Gasteiger partial charge is 0.382 e. The van der Waals surface area contributed by atoms with Gasteiger partial charge in [-0.1, -0.05) is 0 Å². The van der Waals surface area contributed by atoms with E-state index >= 15 is 0 Å². The molecule has 1 aromatic rings. The lowest BCUT2D eigenvalue weighted by atomic mass is 10.4. The van der Waals surface area contributed by atoms with Crippen molar-refractivity contribution in [1.82, 2.24) is 15.1 Å². The second-order valence-corrected chi connectivity index (χ2v) is 4.94. The van der Waals surface area contributed by atoms with Crippen LogP contribution in [0.2, 0.25) is 0 Å². The second kappa shape index (κ2) is 9.07. The van der Waals surface area contributed by atoms with Crippen LogP contribution in [0, 0.1) is 0 Å². The number of rotatable bonds is 12. The molecule has 0 amide bonds. The molecule has 114 valence electrons. The predicted molar refractivity (Wildman–Crippen MR) is 75.6 cm³/mol. The summed E-state index contributed by atoms with van der Waals surface area (Å²) in [4.78, 5) is 0. The van der Waals surface area contributed by atoms with Crippen molar-refractivity contribution in [3.63, 3.8) is 0 Å². The lowest BCUT2D eigenvalue weighted by Crippen LogP contribution is -2.16. The summed E-state index contributed by atoms with van der Waals surface area (Å²) in [5.41, 5.74) is 1.10. The fourth-order valence-corrected chi connectivity index (χ4v) is 1.78. The minimum absolute atomic E-state index is 0.610. The Bertz CT molecular complexity index is 366. The van der Waals surface area contributed by atoms with Crippen LogP contribution in [0.15, 0.2) is 12.3 Å². The van der Waals surface area contributed by atoms with Crippen LogP contribution >= 0.6 is 0 Å². The minimum atomic E-state index is 0.610. The van der Waals surface area contributed by atoms with Crippen molar-refractivity contribution in [2.75, 3.05) is 40.1 Å². The van der Waals surface area contributed by atoms with Crippen molar-refractivity contribution in [3.05, 3.63) is 18.0 Å². The van der Waals surface area contributed by atoms with Crippen molar-refractivity contribution >= 4 is 0 Å². The third kappa shape index (κ3) is 6.47. The Hall–Kier alpha value is -0.950. The van der Waals surface area contributed by atoms with E-state index < -0.39 is 0 Å².